The molecule has 27 heavy (non-hydrogen) atoms. The molecule has 2 aromatic rings. The molecule has 0 spiro atoms. The molecule has 5 nitrogen and oxygen atoms in total. The lowest BCUT2D eigenvalue weighted by atomic mass is 10.0. The molecular formula is C22H29NO4. The molecule has 0 aliphatic carbocycles. The summed E-state index contributed by atoms with van der Waals surface area (Å²) >= 11 is 0. The van der Waals surface area contributed by atoms with Crippen molar-refractivity contribution in [3.05, 3.63) is 53.6 Å². The lowest BCUT2D eigenvalue weighted by Crippen LogP contribution is -2.32. The molecule has 1 saturated heterocycles. The fourth-order valence-corrected chi connectivity index (χ4v) is 3.68. The number of benzene rings is 2. The highest BCUT2D eigenvalue weighted by Crippen LogP contribution is 2.40. The Kier molecular flexibility index (Phi) is 6.58. The maximum absolute atomic E-state index is 6.16. The van der Waals surface area contributed by atoms with E-state index in [0.717, 1.165) is 35.7 Å². The fraction of sp³-hybridized carbons (Fsp3) is 0.455. The topological polar surface area (TPSA) is 40.2 Å². The molecular weight excluding hydrogens is 342 g/mol. The van der Waals surface area contributed by atoms with Gasteiger partial charge in [-0.15, -0.1) is 0 Å². The number of methoxy groups -OCH3 is 3. The predicted octanol–water partition coefficient (Wildman–Crippen LogP) is 4.41. The van der Waals surface area contributed by atoms with Crippen LogP contribution in [0.3, 0.4) is 0 Å². The number of rotatable bonds is 8. The van der Waals surface area contributed by atoms with Gasteiger partial charge in [-0.05, 0) is 12.0 Å². The summed E-state index contributed by atoms with van der Waals surface area (Å²) in [6.45, 7) is 3.56. The molecule has 0 amide bonds. The van der Waals surface area contributed by atoms with Gasteiger partial charge >= 0.3 is 0 Å². The van der Waals surface area contributed by atoms with Gasteiger partial charge in [0, 0.05) is 18.7 Å². The fourth-order valence-electron chi connectivity index (χ4n) is 3.68. The van der Waals surface area contributed by atoms with Crippen LogP contribution in [-0.2, 0) is 11.3 Å². The van der Waals surface area contributed by atoms with Crippen molar-refractivity contribution in [2.45, 2.75) is 38.6 Å². The summed E-state index contributed by atoms with van der Waals surface area (Å²) in [4.78, 5) is 2.41. The second kappa shape index (κ2) is 9.11. The van der Waals surface area contributed by atoms with Crippen LogP contribution in [0.2, 0.25) is 0 Å². The van der Waals surface area contributed by atoms with Crippen LogP contribution in [0.1, 0.15) is 36.9 Å². The summed E-state index contributed by atoms with van der Waals surface area (Å²) in [6.07, 6.45) is 2.14. The standard InChI is InChI=1S/C22H29NO4/c1-5-9-22-23(19(15-27-22)16-10-7-6-8-11-16)14-18-20(25-3)12-17(24-2)13-21(18)26-4/h6-8,10-13,19,22H,5,9,14-15H2,1-4H3/t19-,22+/m0/s1. The van der Waals surface area contributed by atoms with Gasteiger partial charge in [0.1, 0.15) is 23.5 Å². The zero-order valence-corrected chi connectivity index (χ0v) is 16.6. The first-order valence-corrected chi connectivity index (χ1v) is 9.43. The van der Waals surface area contributed by atoms with E-state index in [1.165, 1.54) is 5.56 Å². The second-order valence-corrected chi connectivity index (χ2v) is 6.69. The molecule has 1 fully saturated rings. The van der Waals surface area contributed by atoms with E-state index in [9.17, 15) is 0 Å². The molecule has 0 bridgehead atoms. The van der Waals surface area contributed by atoms with E-state index < -0.39 is 0 Å². The zero-order valence-electron chi connectivity index (χ0n) is 16.6. The van der Waals surface area contributed by atoms with Crippen molar-refractivity contribution in [2.75, 3.05) is 27.9 Å². The molecule has 146 valence electrons. The second-order valence-electron chi connectivity index (χ2n) is 6.69. The minimum Gasteiger partial charge on any atom is -0.496 e. The zero-order chi connectivity index (χ0) is 19.2. The van der Waals surface area contributed by atoms with Gasteiger partial charge < -0.3 is 18.9 Å². The van der Waals surface area contributed by atoms with Crippen LogP contribution in [0, 0.1) is 0 Å². The predicted molar refractivity (Wildman–Crippen MR) is 105 cm³/mol. The van der Waals surface area contributed by atoms with E-state index in [1.807, 2.05) is 18.2 Å². The Balaban J connectivity index is 1.96. The van der Waals surface area contributed by atoms with Crippen LogP contribution in [-0.4, -0.2) is 39.1 Å². The van der Waals surface area contributed by atoms with Crippen molar-refractivity contribution in [3.8, 4) is 17.2 Å². The van der Waals surface area contributed by atoms with Gasteiger partial charge in [0.25, 0.3) is 0 Å². The summed E-state index contributed by atoms with van der Waals surface area (Å²) in [6, 6.07) is 14.5. The molecule has 0 radical (unpaired) electrons. The van der Waals surface area contributed by atoms with Crippen LogP contribution >= 0.6 is 0 Å². The average Bonchev–Trinajstić information content (AvgIpc) is 3.11. The minimum atomic E-state index is 0.0803. The Bertz CT molecular complexity index is 709. The van der Waals surface area contributed by atoms with Crippen molar-refractivity contribution < 1.29 is 18.9 Å². The molecule has 5 heteroatoms. The molecule has 2 atom stereocenters. The highest BCUT2D eigenvalue weighted by molar-refractivity contribution is 5.50. The Labute approximate surface area is 161 Å². The third-order valence-electron chi connectivity index (χ3n) is 5.09. The average molecular weight is 371 g/mol. The molecule has 1 aliphatic rings. The van der Waals surface area contributed by atoms with Gasteiger partial charge in [-0.25, -0.2) is 0 Å². The monoisotopic (exact) mass is 371 g/mol. The third-order valence-corrected chi connectivity index (χ3v) is 5.09. The molecule has 2 aromatic carbocycles. The molecule has 1 heterocycles. The highest BCUT2D eigenvalue weighted by Gasteiger charge is 2.36. The first-order chi connectivity index (χ1) is 13.2. The Morgan fingerprint density at radius 3 is 2.22 bits per heavy atom. The normalized spacial score (nSPS) is 19.9. The Morgan fingerprint density at radius 2 is 1.67 bits per heavy atom. The van der Waals surface area contributed by atoms with E-state index in [4.69, 9.17) is 18.9 Å². The maximum Gasteiger partial charge on any atom is 0.130 e. The van der Waals surface area contributed by atoms with Crippen molar-refractivity contribution in [1.82, 2.24) is 4.90 Å². The van der Waals surface area contributed by atoms with Crippen molar-refractivity contribution in [3.63, 3.8) is 0 Å². The molecule has 0 N–H and O–H groups in total. The largest absolute Gasteiger partial charge is 0.496 e. The van der Waals surface area contributed by atoms with Crippen molar-refractivity contribution in [2.24, 2.45) is 0 Å². The van der Waals surface area contributed by atoms with Gasteiger partial charge in [0.15, 0.2) is 0 Å². The van der Waals surface area contributed by atoms with E-state index in [0.29, 0.717) is 13.2 Å². The summed E-state index contributed by atoms with van der Waals surface area (Å²) in [5.41, 5.74) is 2.27. The Hall–Kier alpha value is -2.24. The highest BCUT2D eigenvalue weighted by atomic mass is 16.5. The summed E-state index contributed by atoms with van der Waals surface area (Å²) < 4.78 is 22.8. The third kappa shape index (κ3) is 4.20. The van der Waals surface area contributed by atoms with Gasteiger partial charge in [0.05, 0.1) is 39.5 Å². The molecule has 1 aliphatic heterocycles. The first kappa shape index (κ1) is 19.5. The lowest BCUT2D eigenvalue weighted by Gasteiger charge is -2.29. The minimum absolute atomic E-state index is 0.0803. The number of nitrogens with zero attached hydrogens (tertiary/aromatic N) is 1. The number of ether oxygens (including phenoxy) is 4. The maximum atomic E-state index is 6.16. The van der Waals surface area contributed by atoms with Gasteiger partial charge in [-0.1, -0.05) is 43.7 Å². The molecule has 0 saturated carbocycles. The number of hydrogen-bond acceptors (Lipinski definition) is 5. The molecule has 0 unspecified atom stereocenters. The first-order valence-electron chi connectivity index (χ1n) is 9.43. The SMILES string of the molecule is CCC[C@H]1OC[C@@H](c2ccccc2)N1Cc1c(OC)cc(OC)cc1OC. The van der Waals surface area contributed by atoms with E-state index in [2.05, 4.69) is 36.1 Å². The quantitative estimate of drug-likeness (QED) is 0.687. The van der Waals surface area contributed by atoms with Gasteiger partial charge in [0.2, 0.25) is 0 Å². The van der Waals surface area contributed by atoms with Crippen LogP contribution in [0.15, 0.2) is 42.5 Å². The van der Waals surface area contributed by atoms with Crippen LogP contribution < -0.4 is 14.2 Å². The van der Waals surface area contributed by atoms with Crippen molar-refractivity contribution in [1.29, 1.82) is 0 Å². The summed E-state index contributed by atoms with van der Waals surface area (Å²) in [7, 11) is 5.00. The van der Waals surface area contributed by atoms with Crippen molar-refractivity contribution >= 4 is 0 Å². The van der Waals surface area contributed by atoms with Crippen LogP contribution in [0.4, 0.5) is 0 Å². The summed E-state index contributed by atoms with van der Waals surface area (Å²) in [5.74, 6) is 2.25. The van der Waals surface area contributed by atoms with E-state index in [-0.39, 0.29) is 12.3 Å². The lowest BCUT2D eigenvalue weighted by molar-refractivity contribution is 0.0184. The smallest absolute Gasteiger partial charge is 0.130 e. The molecule has 3 rings (SSSR count). The Morgan fingerprint density at radius 1 is 1.00 bits per heavy atom. The van der Waals surface area contributed by atoms with Gasteiger partial charge in [-0.2, -0.15) is 0 Å². The van der Waals surface area contributed by atoms with Crippen LogP contribution in [0.5, 0.6) is 17.2 Å². The van der Waals surface area contributed by atoms with E-state index >= 15 is 0 Å². The van der Waals surface area contributed by atoms with Crippen LogP contribution in [0.25, 0.3) is 0 Å². The summed E-state index contributed by atoms with van der Waals surface area (Å²) in [5, 5.41) is 0. The van der Waals surface area contributed by atoms with Gasteiger partial charge in [-0.3, -0.25) is 4.90 Å². The number of hydrogen-bond donors (Lipinski definition) is 0. The molecule has 0 aromatic heterocycles. The van der Waals surface area contributed by atoms with E-state index in [1.54, 1.807) is 21.3 Å².